The van der Waals surface area contributed by atoms with Crippen molar-refractivity contribution in [3.63, 3.8) is 0 Å². The number of ether oxygens (including phenoxy) is 2. The molecule has 0 spiro atoms. The second-order valence-corrected chi connectivity index (χ2v) is 13.8. The molecule has 1 fully saturated rings. The standard InChI is InChI=1S/C36H47N7O4/c1-22(44)39-28-19-23(35(2,3)4)20-29(32(28)46-7)41-34(45)40-27-14-15-30(26-12-9-8-11-25(26)27)47-24-13-16-31(37)43(21-24)33(38)36(5)17-10-18-42(36)6/h8-9,11-13,16,19-21,27,30,37-38H,10,14-15,17-18H2,1-7H3,(H,39,44)(H2,40,41,45)/t27-,30+,36-/m0/s1. The SMILES string of the molecule is COc1c(NC(C)=O)cc(C(C)(C)C)cc1NC(=O)N[C@H]1CC[C@@H](Oc2ccc(=N)n(C(=N)[C@]3(C)CCCN3C)c2)c2ccccc21. The van der Waals surface area contributed by atoms with E-state index in [1.54, 1.807) is 22.9 Å². The van der Waals surface area contributed by atoms with Gasteiger partial charge < -0.3 is 25.4 Å². The summed E-state index contributed by atoms with van der Waals surface area (Å²) < 4.78 is 13.8. The van der Waals surface area contributed by atoms with Crippen LogP contribution < -0.4 is 30.9 Å². The van der Waals surface area contributed by atoms with Crippen LogP contribution in [0, 0.1) is 10.8 Å². The lowest BCUT2D eigenvalue weighted by molar-refractivity contribution is -0.114. The van der Waals surface area contributed by atoms with Crippen LogP contribution in [0.4, 0.5) is 16.2 Å². The van der Waals surface area contributed by atoms with Crippen molar-refractivity contribution < 1.29 is 19.1 Å². The fourth-order valence-electron chi connectivity index (χ4n) is 6.55. The lowest BCUT2D eigenvalue weighted by atomic mass is 9.85. The minimum atomic E-state index is -0.445. The fourth-order valence-corrected chi connectivity index (χ4v) is 6.55. The van der Waals surface area contributed by atoms with Gasteiger partial charge in [0, 0.05) is 6.92 Å². The molecule has 0 bridgehead atoms. The summed E-state index contributed by atoms with van der Waals surface area (Å²) in [5.74, 6) is 1.08. The first-order valence-corrected chi connectivity index (χ1v) is 16.1. The number of pyridine rings is 1. The van der Waals surface area contributed by atoms with Crippen LogP contribution in [0.5, 0.6) is 11.5 Å². The molecule has 11 nitrogen and oxygen atoms in total. The highest BCUT2D eigenvalue weighted by Gasteiger charge is 2.39. The van der Waals surface area contributed by atoms with Gasteiger partial charge in [-0.25, -0.2) is 4.79 Å². The van der Waals surface area contributed by atoms with Crippen molar-refractivity contribution in [1.82, 2.24) is 14.8 Å². The van der Waals surface area contributed by atoms with Crippen molar-refractivity contribution in [2.75, 3.05) is 31.3 Å². The number of fused-ring (bicyclic) bond motifs is 1. The molecule has 3 amide bonds. The second-order valence-electron chi connectivity index (χ2n) is 13.8. The maximum absolute atomic E-state index is 13.5. The number of amides is 3. The molecular weight excluding hydrogens is 594 g/mol. The minimum absolute atomic E-state index is 0.233. The molecule has 0 unspecified atom stereocenters. The van der Waals surface area contributed by atoms with Gasteiger partial charge in [-0.05, 0) is 92.6 Å². The molecule has 5 N–H and O–H groups in total. The Morgan fingerprint density at radius 2 is 1.70 bits per heavy atom. The van der Waals surface area contributed by atoms with Crippen LogP contribution in [0.1, 0.15) is 89.1 Å². The van der Waals surface area contributed by atoms with Crippen LogP contribution in [0.25, 0.3) is 0 Å². The topological polar surface area (TPSA) is 145 Å². The first-order chi connectivity index (χ1) is 22.2. The summed E-state index contributed by atoms with van der Waals surface area (Å²) in [6.07, 6.45) is 4.65. The second kappa shape index (κ2) is 13.2. The van der Waals surface area contributed by atoms with E-state index in [2.05, 4.69) is 48.5 Å². The predicted octanol–water partition coefficient (Wildman–Crippen LogP) is 6.32. The molecule has 5 rings (SSSR count). The van der Waals surface area contributed by atoms with Gasteiger partial charge in [-0.2, -0.15) is 0 Å². The van der Waals surface area contributed by atoms with Crippen molar-refractivity contribution in [2.45, 2.75) is 83.4 Å². The lowest BCUT2D eigenvalue weighted by Gasteiger charge is -2.34. The van der Waals surface area contributed by atoms with E-state index in [1.165, 1.54) is 14.0 Å². The molecule has 0 radical (unpaired) electrons. The maximum atomic E-state index is 13.5. The van der Waals surface area contributed by atoms with Crippen molar-refractivity contribution in [3.05, 3.63) is 76.9 Å². The third kappa shape index (κ3) is 7.05. The predicted molar refractivity (Wildman–Crippen MR) is 184 cm³/mol. The number of carbonyl (C=O) groups excluding carboxylic acids is 2. The molecule has 2 aliphatic rings. The van der Waals surface area contributed by atoms with Crippen LogP contribution in [0.2, 0.25) is 0 Å². The van der Waals surface area contributed by atoms with Crippen LogP contribution in [0.15, 0.2) is 54.7 Å². The molecule has 1 aromatic heterocycles. The van der Waals surface area contributed by atoms with Crippen molar-refractivity contribution in [1.29, 1.82) is 10.8 Å². The number of nitrogens with zero attached hydrogens (tertiary/aromatic N) is 2. The summed E-state index contributed by atoms with van der Waals surface area (Å²) in [6.45, 7) is 10.6. The molecule has 2 heterocycles. The van der Waals surface area contributed by atoms with Crippen LogP contribution in [-0.2, 0) is 10.2 Å². The molecule has 3 atom stereocenters. The smallest absolute Gasteiger partial charge is 0.319 e. The number of likely N-dealkylation sites (tertiary alicyclic amines) is 1. The number of methoxy groups -OCH3 is 1. The Labute approximate surface area is 276 Å². The molecule has 1 saturated heterocycles. The summed E-state index contributed by atoms with van der Waals surface area (Å²) in [4.78, 5) is 27.6. The Morgan fingerprint density at radius 3 is 2.32 bits per heavy atom. The number of hydrogen-bond donors (Lipinski definition) is 5. The maximum Gasteiger partial charge on any atom is 0.319 e. The quantitative estimate of drug-likeness (QED) is 0.152. The third-order valence-electron chi connectivity index (χ3n) is 9.41. The minimum Gasteiger partial charge on any atom is -0.492 e. The van der Waals surface area contributed by atoms with E-state index in [1.807, 2.05) is 43.4 Å². The summed E-state index contributed by atoms with van der Waals surface area (Å²) in [5, 5.41) is 26.4. The van der Waals surface area contributed by atoms with Gasteiger partial charge in [0.15, 0.2) is 5.75 Å². The Balaban J connectivity index is 1.35. The molecular formula is C36H47N7O4. The van der Waals surface area contributed by atoms with Gasteiger partial charge in [0.1, 0.15) is 23.2 Å². The van der Waals surface area contributed by atoms with Gasteiger partial charge in [0.25, 0.3) is 0 Å². The first kappa shape index (κ1) is 33.7. The van der Waals surface area contributed by atoms with Crippen molar-refractivity contribution in [2.24, 2.45) is 0 Å². The monoisotopic (exact) mass is 641 g/mol. The summed E-state index contributed by atoms with van der Waals surface area (Å²) in [5.41, 5.74) is 3.37. The number of likely N-dealkylation sites (N-methyl/N-ethyl adjacent to an activating group) is 1. The molecule has 1 aliphatic carbocycles. The van der Waals surface area contributed by atoms with E-state index in [0.717, 1.165) is 36.1 Å². The average molecular weight is 642 g/mol. The number of carbonyl (C=O) groups is 2. The Bertz CT molecular complexity index is 1740. The zero-order valence-electron chi connectivity index (χ0n) is 28.4. The fraction of sp³-hybridized carbons (Fsp3) is 0.444. The number of urea groups is 1. The van der Waals surface area contributed by atoms with Crippen molar-refractivity contribution in [3.8, 4) is 11.5 Å². The largest absolute Gasteiger partial charge is 0.492 e. The van der Waals surface area contributed by atoms with Gasteiger partial charge in [0.2, 0.25) is 5.91 Å². The summed E-state index contributed by atoms with van der Waals surface area (Å²) in [7, 11) is 3.53. The Morgan fingerprint density at radius 1 is 1.02 bits per heavy atom. The molecule has 3 aromatic rings. The van der Waals surface area contributed by atoms with Crippen molar-refractivity contribution >= 4 is 29.1 Å². The third-order valence-corrected chi connectivity index (χ3v) is 9.41. The van der Waals surface area contributed by atoms with Crippen LogP contribution in [0.3, 0.4) is 0 Å². The highest BCUT2D eigenvalue weighted by molar-refractivity contribution is 5.97. The number of benzene rings is 2. The number of anilines is 2. The lowest BCUT2D eigenvalue weighted by Crippen LogP contribution is -2.50. The van der Waals surface area contributed by atoms with Gasteiger partial charge in [-0.15, -0.1) is 0 Å². The first-order valence-electron chi connectivity index (χ1n) is 16.1. The zero-order valence-corrected chi connectivity index (χ0v) is 28.4. The molecule has 2 aromatic carbocycles. The summed E-state index contributed by atoms with van der Waals surface area (Å²) in [6, 6.07) is 14.5. The Kier molecular flexibility index (Phi) is 9.49. The molecule has 47 heavy (non-hydrogen) atoms. The van der Waals surface area contributed by atoms with E-state index in [9.17, 15) is 9.59 Å². The number of rotatable bonds is 7. The highest BCUT2D eigenvalue weighted by Crippen LogP contribution is 2.41. The average Bonchev–Trinajstić information content (AvgIpc) is 3.36. The number of aromatic nitrogens is 1. The van der Waals surface area contributed by atoms with Crippen LogP contribution >= 0.6 is 0 Å². The van der Waals surface area contributed by atoms with Gasteiger partial charge in [0.05, 0.1) is 36.3 Å². The van der Waals surface area contributed by atoms with E-state index < -0.39 is 11.6 Å². The van der Waals surface area contributed by atoms with E-state index >= 15 is 0 Å². The molecule has 0 saturated carbocycles. The molecule has 1 aliphatic heterocycles. The molecule has 11 heteroatoms. The van der Waals surface area contributed by atoms with Gasteiger partial charge in [-0.1, -0.05) is 45.0 Å². The molecule has 250 valence electrons. The normalized spacial score (nSPS) is 21.0. The highest BCUT2D eigenvalue weighted by atomic mass is 16.5. The van der Waals surface area contributed by atoms with Gasteiger partial charge in [-0.3, -0.25) is 25.1 Å². The number of nitrogens with one attached hydrogen (secondary N) is 5. The van der Waals surface area contributed by atoms with Gasteiger partial charge >= 0.3 is 6.03 Å². The van der Waals surface area contributed by atoms with E-state index in [4.69, 9.17) is 20.3 Å². The van der Waals surface area contributed by atoms with E-state index in [-0.39, 0.29) is 29.0 Å². The summed E-state index contributed by atoms with van der Waals surface area (Å²) >= 11 is 0. The zero-order chi connectivity index (χ0) is 34.1. The number of hydrogen-bond acceptors (Lipinski definition) is 7. The Hall–Kier alpha value is -4.64. The van der Waals surface area contributed by atoms with Crippen LogP contribution in [-0.4, -0.2) is 53.5 Å². The van der Waals surface area contributed by atoms with E-state index in [0.29, 0.717) is 41.6 Å².